The maximum Gasteiger partial charge on any atom is 0.328 e. The molecule has 1 atom stereocenters. The van der Waals surface area contributed by atoms with Gasteiger partial charge in [0, 0.05) is 100 Å². The molecule has 0 radical (unpaired) electrons. The maximum absolute atomic E-state index is 12.2. The minimum absolute atomic E-state index is 0.215. The minimum atomic E-state index is -0.347. The number of rotatable bonds is 8. The Morgan fingerprint density at radius 1 is 0.923 bits per heavy atom. The van der Waals surface area contributed by atoms with Crippen LogP contribution in [0.4, 0.5) is 21.9 Å². The van der Waals surface area contributed by atoms with E-state index in [0.29, 0.717) is 52.6 Å². The van der Waals surface area contributed by atoms with Gasteiger partial charge in [0.15, 0.2) is 11.4 Å². The van der Waals surface area contributed by atoms with Gasteiger partial charge >= 0.3 is 6.03 Å². The van der Waals surface area contributed by atoms with Gasteiger partial charge in [0.1, 0.15) is 22.1 Å². The highest BCUT2D eigenvalue weighted by molar-refractivity contribution is 6.32. The van der Waals surface area contributed by atoms with Crippen molar-refractivity contribution in [1.29, 1.82) is 0 Å². The van der Waals surface area contributed by atoms with Crippen LogP contribution in [0.3, 0.4) is 0 Å². The average molecular weight is 722 g/mol. The number of hydrogen-bond donors (Lipinski definition) is 2. The van der Waals surface area contributed by atoms with Crippen LogP contribution in [0.1, 0.15) is 31.7 Å². The lowest BCUT2D eigenvalue weighted by Crippen LogP contribution is -2.53. The van der Waals surface area contributed by atoms with Crippen LogP contribution in [-0.4, -0.2) is 88.2 Å². The second-order valence-corrected chi connectivity index (χ2v) is 14.7. The number of H-pyrrole nitrogens is 1. The standard InChI is InChI=1S/C39H44ClN9O3/c1-25-21-45(3)24-32(25)37-43-35-36(33(40)20-41-38(35)44-37)52-31-10-8-29(9-11-31)48-19-18-46(22-26(48)2)23-27-12-15-47(16-13-27)28-4-6-30(7-5-28)49-17-14-34(50)42-39(49)51/h4-11,20-21,24,26-27H,12-19,22-23H2,1-3H3,(H,41,43,44)(H,42,50,51)/t26-/m0/s1. The Hall–Kier alpha value is -5.07. The molecular weight excluding hydrogens is 678 g/mol. The number of halogens is 1. The molecule has 6 heterocycles. The number of amides is 3. The molecule has 3 saturated heterocycles. The molecule has 5 aromatic rings. The maximum atomic E-state index is 12.2. The third-order valence-corrected chi connectivity index (χ3v) is 10.9. The predicted molar refractivity (Wildman–Crippen MR) is 205 cm³/mol. The van der Waals surface area contributed by atoms with Gasteiger partial charge in [0.2, 0.25) is 5.91 Å². The number of urea groups is 1. The van der Waals surface area contributed by atoms with Gasteiger partial charge < -0.3 is 24.1 Å². The van der Waals surface area contributed by atoms with E-state index in [2.05, 4.69) is 74.3 Å². The van der Waals surface area contributed by atoms with Crippen molar-refractivity contribution in [3.63, 3.8) is 0 Å². The van der Waals surface area contributed by atoms with E-state index in [1.165, 1.54) is 11.4 Å². The lowest BCUT2D eigenvalue weighted by molar-refractivity contribution is -0.120. The number of aromatic amines is 1. The van der Waals surface area contributed by atoms with Gasteiger partial charge in [-0.15, -0.1) is 0 Å². The molecule has 2 N–H and O–H groups in total. The number of fused-ring (bicyclic) bond motifs is 1. The lowest BCUT2D eigenvalue weighted by atomic mass is 9.95. The Balaban J connectivity index is 0.836. The fourth-order valence-electron chi connectivity index (χ4n) is 7.90. The molecule has 0 saturated carbocycles. The van der Waals surface area contributed by atoms with E-state index >= 15 is 0 Å². The molecule has 3 fully saturated rings. The second-order valence-electron chi connectivity index (χ2n) is 14.3. The minimum Gasteiger partial charge on any atom is -0.453 e. The monoisotopic (exact) mass is 721 g/mol. The van der Waals surface area contributed by atoms with Crippen LogP contribution in [0, 0.1) is 12.8 Å². The Bertz CT molecular complexity index is 2090. The van der Waals surface area contributed by atoms with E-state index in [4.69, 9.17) is 21.3 Å². The highest BCUT2D eigenvalue weighted by Crippen LogP contribution is 2.37. The van der Waals surface area contributed by atoms with E-state index in [1.54, 1.807) is 11.1 Å². The fraction of sp³-hybridized carbons (Fsp3) is 0.385. The van der Waals surface area contributed by atoms with Crippen molar-refractivity contribution >= 4 is 51.8 Å². The topological polar surface area (TPSA) is 115 Å². The molecule has 3 amide bonds. The third kappa shape index (κ3) is 6.92. The molecule has 3 aromatic heterocycles. The first-order chi connectivity index (χ1) is 25.2. The number of piperidine rings is 1. The molecule has 12 nitrogen and oxygen atoms in total. The molecule has 0 bridgehead atoms. The van der Waals surface area contributed by atoms with Crippen LogP contribution in [0.2, 0.25) is 5.02 Å². The highest BCUT2D eigenvalue weighted by atomic mass is 35.5. The van der Waals surface area contributed by atoms with Crippen molar-refractivity contribution in [3.8, 4) is 22.9 Å². The van der Waals surface area contributed by atoms with Crippen molar-refractivity contribution < 1.29 is 14.3 Å². The summed E-state index contributed by atoms with van der Waals surface area (Å²) >= 11 is 6.60. The number of imide groups is 1. The number of nitrogens with zero attached hydrogens (tertiary/aromatic N) is 7. The number of piperazine rings is 1. The first-order valence-corrected chi connectivity index (χ1v) is 18.5. The normalized spacial score (nSPS) is 19.1. The van der Waals surface area contributed by atoms with E-state index in [9.17, 15) is 9.59 Å². The van der Waals surface area contributed by atoms with Crippen LogP contribution in [0.25, 0.3) is 22.6 Å². The van der Waals surface area contributed by atoms with E-state index < -0.39 is 0 Å². The highest BCUT2D eigenvalue weighted by Gasteiger charge is 2.29. The number of pyridine rings is 1. The molecule has 13 heteroatoms. The van der Waals surface area contributed by atoms with Gasteiger partial charge in [0.25, 0.3) is 0 Å². The predicted octanol–water partition coefficient (Wildman–Crippen LogP) is 6.59. The second kappa shape index (κ2) is 14.2. The molecule has 8 rings (SSSR count). The van der Waals surface area contributed by atoms with Crippen molar-refractivity contribution in [2.24, 2.45) is 13.0 Å². The largest absolute Gasteiger partial charge is 0.453 e. The molecule has 0 aliphatic carbocycles. The number of aryl methyl sites for hydroxylation is 2. The summed E-state index contributed by atoms with van der Waals surface area (Å²) in [6.07, 6.45) is 8.33. The van der Waals surface area contributed by atoms with Crippen molar-refractivity contribution in [2.45, 2.75) is 39.2 Å². The molecule has 52 heavy (non-hydrogen) atoms. The molecule has 3 aliphatic heterocycles. The number of anilines is 3. The van der Waals surface area contributed by atoms with Gasteiger partial charge in [-0.3, -0.25) is 19.9 Å². The van der Waals surface area contributed by atoms with Gasteiger partial charge in [-0.05, 0) is 86.7 Å². The fourth-order valence-corrected chi connectivity index (χ4v) is 8.09. The van der Waals surface area contributed by atoms with Crippen molar-refractivity contribution in [1.82, 2.24) is 29.7 Å². The van der Waals surface area contributed by atoms with Gasteiger partial charge in [0.05, 0.1) is 6.20 Å². The first-order valence-electron chi connectivity index (χ1n) is 18.1. The molecule has 0 spiro atoms. The molecular formula is C39H44ClN9O3. The van der Waals surface area contributed by atoms with Crippen molar-refractivity contribution in [3.05, 3.63) is 77.7 Å². The molecule has 0 unspecified atom stereocenters. The third-order valence-electron chi connectivity index (χ3n) is 10.7. The van der Waals surface area contributed by atoms with Crippen LogP contribution >= 0.6 is 11.6 Å². The number of aromatic nitrogens is 4. The molecule has 270 valence electrons. The number of ether oxygens (including phenoxy) is 1. The smallest absolute Gasteiger partial charge is 0.328 e. The van der Waals surface area contributed by atoms with Crippen LogP contribution in [-0.2, 0) is 11.8 Å². The van der Waals surface area contributed by atoms with Crippen molar-refractivity contribution in [2.75, 3.05) is 60.5 Å². The summed E-state index contributed by atoms with van der Waals surface area (Å²) in [5.74, 6) is 2.41. The summed E-state index contributed by atoms with van der Waals surface area (Å²) < 4.78 is 8.36. The van der Waals surface area contributed by atoms with Crippen LogP contribution in [0.5, 0.6) is 11.5 Å². The zero-order valence-electron chi connectivity index (χ0n) is 29.8. The summed E-state index contributed by atoms with van der Waals surface area (Å²) in [6, 6.07) is 16.4. The number of benzene rings is 2. The summed E-state index contributed by atoms with van der Waals surface area (Å²) in [7, 11) is 1.99. The Kier molecular flexibility index (Phi) is 9.27. The molecule has 2 aromatic carbocycles. The van der Waals surface area contributed by atoms with Gasteiger partial charge in [-0.1, -0.05) is 11.6 Å². The average Bonchev–Trinajstić information content (AvgIpc) is 3.72. The SMILES string of the molecule is Cc1cn(C)cc1-c1nc2ncc(Cl)c(Oc3ccc(N4CCN(CC5CCN(c6ccc(N7CCC(=O)NC7=O)cc6)CC5)C[C@@H]4C)cc3)c2[nH]1. The number of carbonyl (C=O) groups is 2. The summed E-state index contributed by atoms with van der Waals surface area (Å²) in [5.41, 5.74) is 6.54. The zero-order chi connectivity index (χ0) is 35.9. The quantitative estimate of drug-likeness (QED) is 0.185. The molecule has 3 aliphatic rings. The lowest BCUT2D eigenvalue weighted by Gasteiger charge is -2.43. The Morgan fingerprint density at radius 2 is 1.65 bits per heavy atom. The van der Waals surface area contributed by atoms with Gasteiger partial charge in [-0.2, -0.15) is 0 Å². The zero-order valence-corrected chi connectivity index (χ0v) is 30.6. The first kappa shape index (κ1) is 34.0. The number of carbonyl (C=O) groups excluding carboxylic acids is 2. The van der Waals surface area contributed by atoms with E-state index in [-0.39, 0.29) is 11.9 Å². The van der Waals surface area contributed by atoms with Gasteiger partial charge in [-0.25, -0.2) is 14.8 Å². The van der Waals surface area contributed by atoms with Crippen LogP contribution < -0.4 is 24.8 Å². The number of nitrogens with one attached hydrogen (secondary N) is 2. The Morgan fingerprint density at radius 3 is 2.35 bits per heavy atom. The van der Waals surface area contributed by atoms with E-state index in [1.807, 2.05) is 42.1 Å². The van der Waals surface area contributed by atoms with E-state index in [0.717, 1.165) is 74.7 Å². The number of hydrogen-bond acceptors (Lipinski definition) is 8. The van der Waals surface area contributed by atoms with Crippen LogP contribution in [0.15, 0.2) is 67.1 Å². The summed E-state index contributed by atoms with van der Waals surface area (Å²) in [4.78, 5) is 45.4. The summed E-state index contributed by atoms with van der Waals surface area (Å²) in [5, 5.41) is 2.82. The summed E-state index contributed by atoms with van der Waals surface area (Å²) in [6.45, 7) is 11.0. The Labute approximate surface area is 308 Å². The number of imidazole rings is 1.